The monoisotopic (exact) mass is 332 g/mol. The molecular formula is C19H28N2O3. The van der Waals surface area contributed by atoms with E-state index in [4.69, 9.17) is 4.74 Å². The van der Waals surface area contributed by atoms with E-state index in [9.17, 15) is 9.59 Å². The Bertz CT molecular complexity index is 559. The number of hydrogen-bond acceptors (Lipinski definition) is 3. The van der Waals surface area contributed by atoms with Gasteiger partial charge in [-0.3, -0.25) is 9.59 Å². The highest BCUT2D eigenvalue weighted by Crippen LogP contribution is 2.18. The highest BCUT2D eigenvalue weighted by Gasteiger charge is 2.24. The molecule has 1 aliphatic heterocycles. The van der Waals surface area contributed by atoms with Crippen molar-refractivity contribution in [3.8, 4) is 5.75 Å². The molecule has 0 aromatic heterocycles. The van der Waals surface area contributed by atoms with Crippen LogP contribution >= 0.6 is 0 Å². The molecule has 1 heterocycles. The fourth-order valence-corrected chi connectivity index (χ4v) is 3.10. The highest BCUT2D eigenvalue weighted by molar-refractivity contribution is 5.79. The van der Waals surface area contributed by atoms with Gasteiger partial charge < -0.3 is 15.0 Å². The minimum atomic E-state index is 0.109. The number of rotatable bonds is 7. The molecule has 0 spiro atoms. The van der Waals surface area contributed by atoms with E-state index in [1.165, 1.54) is 0 Å². The van der Waals surface area contributed by atoms with Gasteiger partial charge in [-0.15, -0.1) is 0 Å². The Kier molecular flexibility index (Phi) is 7.09. The highest BCUT2D eigenvalue weighted by atomic mass is 16.5. The van der Waals surface area contributed by atoms with Crippen molar-refractivity contribution < 1.29 is 14.3 Å². The molecule has 1 N–H and O–H groups in total. The number of piperidine rings is 1. The van der Waals surface area contributed by atoms with Gasteiger partial charge in [0.05, 0.1) is 13.5 Å². The summed E-state index contributed by atoms with van der Waals surface area (Å²) in [6.45, 7) is 4.21. The van der Waals surface area contributed by atoms with Crippen LogP contribution in [0.25, 0.3) is 0 Å². The molecule has 132 valence electrons. The van der Waals surface area contributed by atoms with Crippen molar-refractivity contribution >= 4 is 11.8 Å². The Hall–Kier alpha value is -2.04. The van der Waals surface area contributed by atoms with Crippen molar-refractivity contribution in [3.63, 3.8) is 0 Å². The van der Waals surface area contributed by atoms with E-state index < -0.39 is 0 Å². The Balaban J connectivity index is 1.84. The summed E-state index contributed by atoms with van der Waals surface area (Å²) in [7, 11) is 1.63. The van der Waals surface area contributed by atoms with Gasteiger partial charge in [0.15, 0.2) is 0 Å². The Morgan fingerprint density at radius 3 is 2.96 bits per heavy atom. The van der Waals surface area contributed by atoms with Crippen molar-refractivity contribution in [1.29, 1.82) is 0 Å². The van der Waals surface area contributed by atoms with E-state index in [1.807, 2.05) is 36.1 Å². The average molecular weight is 332 g/mol. The zero-order valence-electron chi connectivity index (χ0n) is 14.7. The minimum Gasteiger partial charge on any atom is -0.497 e. The van der Waals surface area contributed by atoms with Gasteiger partial charge in [0, 0.05) is 26.1 Å². The van der Waals surface area contributed by atoms with Crippen LogP contribution in [0.15, 0.2) is 24.3 Å². The maximum atomic E-state index is 12.6. The smallest absolute Gasteiger partial charge is 0.227 e. The molecule has 1 aromatic rings. The fraction of sp³-hybridized carbons (Fsp3) is 0.579. The van der Waals surface area contributed by atoms with Gasteiger partial charge >= 0.3 is 0 Å². The van der Waals surface area contributed by atoms with Crippen LogP contribution in [0.3, 0.4) is 0 Å². The summed E-state index contributed by atoms with van der Waals surface area (Å²) in [6, 6.07) is 7.64. The van der Waals surface area contributed by atoms with Crippen LogP contribution in [0.4, 0.5) is 0 Å². The van der Waals surface area contributed by atoms with E-state index in [1.54, 1.807) is 7.11 Å². The van der Waals surface area contributed by atoms with Crippen LogP contribution in [-0.2, 0) is 16.0 Å². The number of amides is 2. The molecule has 1 aliphatic rings. The van der Waals surface area contributed by atoms with E-state index in [2.05, 4.69) is 5.32 Å². The minimum absolute atomic E-state index is 0.109. The van der Waals surface area contributed by atoms with Crippen LogP contribution < -0.4 is 10.1 Å². The van der Waals surface area contributed by atoms with Crippen LogP contribution in [0, 0.1) is 5.92 Å². The normalized spacial score (nSPS) is 17.4. The SMILES string of the molecule is CCCC(=O)NC[C@@H]1CCCN(C(=O)Cc2cccc(OC)c2)C1. The largest absolute Gasteiger partial charge is 0.497 e. The quantitative estimate of drug-likeness (QED) is 0.834. The van der Waals surface area contributed by atoms with E-state index >= 15 is 0 Å². The van der Waals surface area contributed by atoms with E-state index in [0.717, 1.165) is 43.7 Å². The summed E-state index contributed by atoms with van der Waals surface area (Å²) < 4.78 is 5.21. The van der Waals surface area contributed by atoms with Crippen molar-refractivity contribution in [3.05, 3.63) is 29.8 Å². The zero-order valence-corrected chi connectivity index (χ0v) is 14.7. The van der Waals surface area contributed by atoms with Crippen LogP contribution in [0.2, 0.25) is 0 Å². The first-order chi connectivity index (χ1) is 11.6. The maximum Gasteiger partial charge on any atom is 0.227 e. The molecule has 0 aliphatic carbocycles. The summed E-state index contributed by atoms with van der Waals surface area (Å²) in [4.78, 5) is 26.1. The molecule has 1 saturated heterocycles. The molecule has 1 atom stereocenters. The van der Waals surface area contributed by atoms with Crippen molar-refractivity contribution in [2.75, 3.05) is 26.7 Å². The van der Waals surface area contributed by atoms with Crippen molar-refractivity contribution in [2.24, 2.45) is 5.92 Å². The Morgan fingerprint density at radius 2 is 2.21 bits per heavy atom. The molecule has 5 heteroatoms. The lowest BCUT2D eigenvalue weighted by Gasteiger charge is -2.33. The number of likely N-dealkylation sites (tertiary alicyclic amines) is 1. The molecule has 0 radical (unpaired) electrons. The fourth-order valence-electron chi connectivity index (χ4n) is 3.10. The number of hydrogen-bond donors (Lipinski definition) is 1. The van der Waals surface area contributed by atoms with Gasteiger partial charge in [0.1, 0.15) is 5.75 Å². The second-order valence-electron chi connectivity index (χ2n) is 6.43. The summed E-state index contributed by atoms with van der Waals surface area (Å²) in [5.41, 5.74) is 0.970. The number of carbonyl (C=O) groups is 2. The van der Waals surface area contributed by atoms with Crippen LogP contribution in [0.5, 0.6) is 5.75 Å². The zero-order chi connectivity index (χ0) is 17.4. The van der Waals surface area contributed by atoms with Gasteiger partial charge in [-0.1, -0.05) is 19.1 Å². The third kappa shape index (κ3) is 5.55. The second kappa shape index (κ2) is 9.30. The standard InChI is InChI=1S/C19H28N2O3/c1-3-6-18(22)20-13-16-8-5-10-21(14-16)19(23)12-15-7-4-9-17(11-15)24-2/h4,7,9,11,16H,3,5-6,8,10,12-14H2,1-2H3,(H,20,22)/t16-/m0/s1. The predicted molar refractivity (Wildman–Crippen MR) is 93.9 cm³/mol. The number of nitrogens with one attached hydrogen (secondary N) is 1. The number of benzene rings is 1. The molecule has 1 fully saturated rings. The van der Waals surface area contributed by atoms with Crippen LogP contribution in [-0.4, -0.2) is 43.5 Å². The topological polar surface area (TPSA) is 58.6 Å². The first kappa shape index (κ1) is 18.3. The second-order valence-corrected chi connectivity index (χ2v) is 6.43. The lowest BCUT2D eigenvalue weighted by Crippen LogP contribution is -2.44. The van der Waals surface area contributed by atoms with Crippen molar-refractivity contribution in [2.45, 2.75) is 39.0 Å². The lowest BCUT2D eigenvalue weighted by molar-refractivity contribution is -0.132. The number of carbonyl (C=O) groups excluding carboxylic acids is 2. The average Bonchev–Trinajstić information content (AvgIpc) is 2.60. The summed E-state index contributed by atoms with van der Waals surface area (Å²) in [5, 5.41) is 2.98. The first-order valence-electron chi connectivity index (χ1n) is 8.79. The maximum absolute atomic E-state index is 12.6. The molecule has 5 nitrogen and oxygen atoms in total. The summed E-state index contributed by atoms with van der Waals surface area (Å²) >= 11 is 0. The van der Waals surface area contributed by atoms with Crippen LogP contribution in [0.1, 0.15) is 38.2 Å². The van der Waals surface area contributed by atoms with E-state index in [-0.39, 0.29) is 11.8 Å². The molecule has 0 saturated carbocycles. The molecule has 0 unspecified atom stereocenters. The van der Waals surface area contributed by atoms with Gasteiger partial charge in [0.25, 0.3) is 0 Å². The summed E-state index contributed by atoms with van der Waals surface area (Å²) in [6.07, 6.45) is 3.90. The number of nitrogens with zero attached hydrogens (tertiary/aromatic N) is 1. The molecule has 0 bridgehead atoms. The summed E-state index contributed by atoms with van der Waals surface area (Å²) in [5.74, 6) is 1.38. The van der Waals surface area contributed by atoms with Gasteiger partial charge in [-0.25, -0.2) is 0 Å². The Labute approximate surface area is 144 Å². The lowest BCUT2D eigenvalue weighted by atomic mass is 9.97. The van der Waals surface area contributed by atoms with Gasteiger partial charge in [0.2, 0.25) is 11.8 Å². The third-order valence-corrected chi connectivity index (χ3v) is 4.43. The van der Waals surface area contributed by atoms with Gasteiger partial charge in [-0.2, -0.15) is 0 Å². The Morgan fingerprint density at radius 1 is 1.38 bits per heavy atom. The molecule has 24 heavy (non-hydrogen) atoms. The number of methoxy groups -OCH3 is 1. The third-order valence-electron chi connectivity index (χ3n) is 4.43. The predicted octanol–water partition coefficient (Wildman–Crippen LogP) is 2.39. The van der Waals surface area contributed by atoms with E-state index in [0.29, 0.717) is 25.3 Å². The van der Waals surface area contributed by atoms with Gasteiger partial charge in [-0.05, 0) is 42.9 Å². The van der Waals surface area contributed by atoms with Crippen molar-refractivity contribution in [1.82, 2.24) is 10.2 Å². The molecule has 2 rings (SSSR count). The molecule has 1 aromatic carbocycles. The molecule has 2 amide bonds. The first-order valence-corrected chi connectivity index (χ1v) is 8.79. The number of ether oxygens (including phenoxy) is 1. The molecular weight excluding hydrogens is 304 g/mol.